The van der Waals surface area contributed by atoms with Crippen molar-refractivity contribution in [2.45, 2.75) is 24.9 Å². The number of rotatable bonds is 8. The lowest BCUT2D eigenvalue weighted by molar-refractivity contribution is -0.166. The fourth-order valence-corrected chi connectivity index (χ4v) is 5.85. The third kappa shape index (κ3) is 5.36. The number of piperazine rings is 1. The van der Waals surface area contributed by atoms with E-state index in [9.17, 15) is 37.1 Å². The van der Waals surface area contributed by atoms with E-state index in [1.54, 1.807) is 5.38 Å². The van der Waals surface area contributed by atoms with Crippen molar-refractivity contribution < 1.29 is 42.2 Å². The number of fused-ring (bicyclic) bond motifs is 1. The first-order chi connectivity index (χ1) is 19.4. The number of carboxylic acid groups (broad SMARTS) is 2. The van der Waals surface area contributed by atoms with Gasteiger partial charge in [0, 0.05) is 50.0 Å². The van der Waals surface area contributed by atoms with Crippen molar-refractivity contribution in [1.29, 1.82) is 0 Å². The van der Waals surface area contributed by atoms with Crippen molar-refractivity contribution in [2.75, 3.05) is 39.3 Å². The summed E-state index contributed by atoms with van der Waals surface area (Å²) in [7, 11) is 0. The Kier molecular flexibility index (Phi) is 7.46. The lowest BCUT2D eigenvalue weighted by atomic mass is 9.92. The molecular weight excluding hydrogens is 572 g/mol. The number of aliphatic imine (C=N–C) groups is 1. The second-order valence-electron chi connectivity index (χ2n) is 9.87. The lowest BCUT2D eigenvalue weighted by Crippen LogP contribution is -2.53. The van der Waals surface area contributed by atoms with Gasteiger partial charge >= 0.3 is 23.9 Å². The molecule has 41 heavy (non-hydrogen) atoms. The molecule has 2 aromatic rings. The monoisotopic (exact) mass is 596 g/mol. The number of hydrogen-bond acceptors (Lipinski definition) is 8. The van der Waals surface area contributed by atoms with E-state index in [4.69, 9.17) is 5.11 Å². The number of nitrogens with one attached hydrogen (secondary N) is 1. The normalized spacial score (nSPS) is 21.6. The second kappa shape index (κ2) is 10.7. The van der Waals surface area contributed by atoms with Crippen LogP contribution in [0.3, 0.4) is 0 Å². The highest BCUT2D eigenvalue weighted by atomic mass is 32.1. The zero-order chi connectivity index (χ0) is 29.6. The molecular formula is C25H24F4N6O5S. The van der Waals surface area contributed by atoms with E-state index in [1.165, 1.54) is 35.4 Å². The Bertz CT molecular complexity index is 1470. The summed E-state index contributed by atoms with van der Waals surface area (Å²) in [6.45, 7) is 0.581. The molecule has 2 fully saturated rings. The van der Waals surface area contributed by atoms with E-state index in [-0.39, 0.29) is 61.0 Å². The van der Waals surface area contributed by atoms with Gasteiger partial charge < -0.3 is 25.3 Å². The average Bonchev–Trinajstić information content (AvgIpc) is 3.55. The fraction of sp³-hybridized carbons (Fsp3) is 0.400. The molecule has 16 heteroatoms. The second-order valence-corrected chi connectivity index (χ2v) is 10.8. The number of benzene rings is 1. The summed E-state index contributed by atoms with van der Waals surface area (Å²) < 4.78 is 56.0. The maximum atomic E-state index is 14.5. The minimum absolute atomic E-state index is 0.0229. The first-order valence-electron chi connectivity index (χ1n) is 12.4. The molecule has 0 radical (unpaired) electrons. The van der Waals surface area contributed by atoms with Crippen LogP contribution in [0.2, 0.25) is 0 Å². The van der Waals surface area contributed by atoms with E-state index < -0.39 is 54.2 Å². The van der Waals surface area contributed by atoms with Crippen molar-refractivity contribution in [3.63, 3.8) is 0 Å². The summed E-state index contributed by atoms with van der Waals surface area (Å²) in [5.74, 6) is -9.71. The van der Waals surface area contributed by atoms with Gasteiger partial charge in [-0.05, 0) is 24.1 Å². The Morgan fingerprint density at radius 3 is 2.61 bits per heavy atom. The summed E-state index contributed by atoms with van der Waals surface area (Å²) in [5.41, 5.74) is 0.107. The molecule has 11 nitrogen and oxygen atoms in total. The number of halogens is 4. The van der Waals surface area contributed by atoms with Crippen LogP contribution in [0.15, 0.2) is 40.0 Å². The number of aliphatic carboxylic acids is 2. The highest BCUT2D eigenvalue weighted by Crippen LogP contribution is 2.36. The van der Waals surface area contributed by atoms with Crippen molar-refractivity contribution >= 4 is 35.1 Å². The third-order valence-corrected chi connectivity index (χ3v) is 8.05. The molecule has 1 aromatic heterocycles. The molecule has 0 bridgehead atoms. The van der Waals surface area contributed by atoms with Crippen molar-refractivity contribution in [3.05, 3.63) is 62.7 Å². The van der Waals surface area contributed by atoms with Crippen molar-refractivity contribution in [2.24, 2.45) is 4.99 Å². The van der Waals surface area contributed by atoms with Gasteiger partial charge in [-0.15, -0.1) is 11.3 Å². The smallest absolute Gasteiger partial charge is 0.376 e. The summed E-state index contributed by atoms with van der Waals surface area (Å²) in [6, 6.07) is -0.218. The summed E-state index contributed by atoms with van der Waals surface area (Å²) in [5, 5.41) is 24.2. The van der Waals surface area contributed by atoms with Crippen LogP contribution in [-0.2, 0) is 9.59 Å². The maximum Gasteiger partial charge on any atom is 0.376 e. The predicted molar refractivity (Wildman–Crippen MR) is 137 cm³/mol. The Balaban J connectivity index is 1.43. The number of carboxylic acids is 2. The lowest BCUT2D eigenvalue weighted by Gasteiger charge is -2.38. The van der Waals surface area contributed by atoms with Gasteiger partial charge in [-0.3, -0.25) is 9.89 Å². The summed E-state index contributed by atoms with van der Waals surface area (Å²) in [6.07, 6.45) is 1.54. The number of alkyl halides is 2. The number of amidine groups is 1. The van der Waals surface area contributed by atoms with Gasteiger partial charge in [0.1, 0.15) is 6.04 Å². The number of amides is 2. The maximum absolute atomic E-state index is 14.5. The quantitative estimate of drug-likeness (QED) is 0.395. The van der Waals surface area contributed by atoms with E-state index in [2.05, 4.69) is 15.3 Å². The predicted octanol–water partition coefficient (Wildman–Crippen LogP) is 2.30. The van der Waals surface area contributed by atoms with Crippen LogP contribution >= 0.6 is 11.3 Å². The molecule has 218 valence electrons. The molecule has 3 aliphatic rings. The van der Waals surface area contributed by atoms with E-state index in [0.717, 1.165) is 11.0 Å². The van der Waals surface area contributed by atoms with E-state index in [1.807, 2.05) is 4.90 Å². The van der Waals surface area contributed by atoms with Gasteiger partial charge in [-0.1, -0.05) is 6.07 Å². The van der Waals surface area contributed by atoms with E-state index >= 15 is 0 Å². The van der Waals surface area contributed by atoms with Gasteiger partial charge in [0.05, 0.1) is 18.2 Å². The molecule has 4 heterocycles. The zero-order valence-corrected chi connectivity index (χ0v) is 22.3. The average molecular weight is 597 g/mol. The number of aromatic nitrogens is 1. The van der Waals surface area contributed by atoms with Crippen LogP contribution in [-0.4, -0.2) is 105 Å². The number of urea groups is 1. The van der Waals surface area contributed by atoms with Crippen molar-refractivity contribution in [1.82, 2.24) is 25.0 Å². The third-order valence-electron chi connectivity index (χ3n) is 7.27. The van der Waals surface area contributed by atoms with Crippen LogP contribution in [0.1, 0.15) is 22.2 Å². The number of carbonyl (C=O) groups is 3. The molecule has 2 amide bonds. The number of thiazole rings is 1. The molecule has 3 N–H and O–H groups in total. The molecule has 2 atom stereocenters. The van der Waals surface area contributed by atoms with Gasteiger partial charge in [0.2, 0.25) is 0 Å². The molecule has 0 spiro atoms. The van der Waals surface area contributed by atoms with Crippen LogP contribution < -0.4 is 5.32 Å². The van der Waals surface area contributed by atoms with Crippen LogP contribution in [0, 0.1) is 18.6 Å². The Morgan fingerprint density at radius 2 is 1.95 bits per heavy atom. The van der Waals surface area contributed by atoms with Gasteiger partial charge in [-0.2, -0.15) is 8.78 Å². The summed E-state index contributed by atoms with van der Waals surface area (Å²) >= 11 is 1.24. The topological polar surface area (TPSA) is 139 Å². The molecule has 0 unspecified atom stereocenters. The number of hydrogen-bond donors (Lipinski definition) is 3. The SMILES string of the molecule is Cc1c([C@@H]2N=C(c3nccs3)NC(CN3CCN4C(=O)N(CC(F)(F)C(=O)O)C[C@@H]4C3)=C2C(=O)O)ccc(F)c1F. The Labute approximate surface area is 234 Å². The van der Waals surface area contributed by atoms with E-state index in [0.29, 0.717) is 5.01 Å². The largest absolute Gasteiger partial charge is 0.478 e. The highest BCUT2D eigenvalue weighted by molar-refractivity contribution is 7.11. The fourth-order valence-electron chi connectivity index (χ4n) is 5.26. The minimum atomic E-state index is -4.10. The molecule has 1 aromatic carbocycles. The summed E-state index contributed by atoms with van der Waals surface area (Å²) in [4.78, 5) is 48.9. The molecule has 2 saturated heterocycles. The minimum Gasteiger partial charge on any atom is -0.478 e. The van der Waals surface area contributed by atoms with Gasteiger partial charge in [0.25, 0.3) is 0 Å². The zero-order valence-electron chi connectivity index (χ0n) is 21.5. The standard InChI is InChI=1S/C25H24F4N6O5S/c1-12-14(2-3-15(26)18(12)27)19-17(22(36)37)16(31-20(32-19)21-30-4-7-41-21)10-33-5-6-35-13(8-33)9-34(24(35)40)11-25(28,29)23(38)39/h2-4,7,13,19H,5-6,8-11H2,1H3,(H,31,32)(H,36,37)(H,38,39)/t13-,19-/m0/s1. The van der Waals surface area contributed by atoms with Crippen LogP contribution in [0.25, 0.3) is 0 Å². The molecule has 0 saturated carbocycles. The van der Waals surface area contributed by atoms with Crippen molar-refractivity contribution in [3.8, 4) is 0 Å². The van der Waals surface area contributed by atoms with Crippen LogP contribution in [0.4, 0.5) is 22.4 Å². The van der Waals surface area contributed by atoms with Gasteiger partial charge in [-0.25, -0.2) is 28.1 Å². The molecule has 5 rings (SSSR count). The Hall–Kier alpha value is -4.05. The number of nitrogens with zero attached hydrogens (tertiary/aromatic N) is 5. The van der Waals surface area contributed by atoms with Crippen LogP contribution in [0.5, 0.6) is 0 Å². The molecule has 3 aliphatic heterocycles. The molecule has 0 aliphatic carbocycles. The number of carbonyl (C=O) groups excluding carboxylic acids is 1. The highest BCUT2D eigenvalue weighted by Gasteiger charge is 2.48. The Morgan fingerprint density at radius 1 is 1.20 bits per heavy atom. The first-order valence-corrected chi connectivity index (χ1v) is 13.3. The first kappa shape index (κ1) is 28.5. The van der Waals surface area contributed by atoms with Gasteiger partial charge in [0.15, 0.2) is 22.5 Å².